The Kier molecular flexibility index (Phi) is 5.33. The Morgan fingerprint density at radius 2 is 1.72 bits per heavy atom. The molecule has 2 aromatic carbocycles. The van der Waals surface area contributed by atoms with E-state index >= 15 is 0 Å². The number of ether oxygens (including phenoxy) is 3. The normalized spacial score (nSPS) is 26.7. The molecule has 0 amide bonds. The van der Waals surface area contributed by atoms with Crippen LogP contribution in [0.1, 0.15) is 28.2 Å². The fraction of sp³-hybridized carbons (Fsp3) is 0.269. The number of aromatic nitrogens is 1. The van der Waals surface area contributed by atoms with Crippen LogP contribution in [-0.4, -0.2) is 36.1 Å². The second-order valence-corrected chi connectivity index (χ2v) is 8.61. The minimum Gasteiger partial charge on any atom is -0.495 e. The number of benzene rings is 2. The molecule has 1 fully saturated rings. The number of Topliss-reactive ketones (excluding diaryl/α,β-unsaturated/α-hetero) is 1. The fourth-order valence-electron chi connectivity index (χ4n) is 5.42. The molecular weight excluding hydrogens is 479 g/mol. The highest BCUT2D eigenvalue weighted by molar-refractivity contribution is 6.07. The third-order valence-corrected chi connectivity index (χ3v) is 6.91. The summed E-state index contributed by atoms with van der Waals surface area (Å²) in [6.07, 6.45) is -2.08. The van der Waals surface area contributed by atoms with Crippen LogP contribution >= 0.6 is 0 Å². The number of esters is 1. The van der Waals surface area contributed by atoms with Crippen LogP contribution in [0.2, 0.25) is 0 Å². The van der Waals surface area contributed by atoms with Gasteiger partial charge >= 0.3 is 12.1 Å². The van der Waals surface area contributed by atoms with Crippen molar-refractivity contribution in [3.63, 3.8) is 0 Å². The number of halogens is 3. The van der Waals surface area contributed by atoms with Crippen molar-refractivity contribution in [1.82, 2.24) is 4.98 Å². The van der Waals surface area contributed by atoms with Gasteiger partial charge < -0.3 is 19.3 Å². The van der Waals surface area contributed by atoms with E-state index in [0.29, 0.717) is 5.56 Å². The molecule has 1 aliphatic carbocycles. The van der Waals surface area contributed by atoms with E-state index in [-0.39, 0.29) is 22.6 Å². The van der Waals surface area contributed by atoms with Crippen LogP contribution in [0.15, 0.2) is 67.0 Å². The van der Waals surface area contributed by atoms with Crippen molar-refractivity contribution >= 4 is 11.8 Å². The third kappa shape index (κ3) is 3.07. The number of carbonyl (C=O) groups excluding carboxylic acids is 2. The first-order valence-corrected chi connectivity index (χ1v) is 10.9. The van der Waals surface area contributed by atoms with Crippen molar-refractivity contribution in [2.75, 3.05) is 14.2 Å². The van der Waals surface area contributed by atoms with Crippen LogP contribution in [0.3, 0.4) is 0 Å². The molecule has 1 aliphatic heterocycles. The molecule has 0 saturated heterocycles. The number of rotatable bonds is 4. The standard InChI is InChI=1S/C26H20F3NO6/c1-34-17-12-30-13-18-20(17)24(33)21(22(31)35-2)19(14-6-4-3-5-7-14)25(36-18,23(24)32)15-8-10-16(11-9-15)26(27,28)29/h3-13,19,21,33H,1-2H3/t19-,21-,24+,25-/m1/s1. The van der Waals surface area contributed by atoms with Crippen molar-refractivity contribution in [2.24, 2.45) is 5.92 Å². The Morgan fingerprint density at radius 3 is 2.31 bits per heavy atom. The van der Waals surface area contributed by atoms with E-state index in [1.54, 1.807) is 30.3 Å². The molecular formula is C26H20F3NO6. The summed E-state index contributed by atoms with van der Waals surface area (Å²) < 4.78 is 56.6. The molecule has 0 spiro atoms. The molecule has 2 heterocycles. The van der Waals surface area contributed by atoms with Crippen LogP contribution in [0.4, 0.5) is 13.2 Å². The minimum absolute atomic E-state index is 0.00647. The number of fused-ring (bicyclic) bond motifs is 4. The summed E-state index contributed by atoms with van der Waals surface area (Å²) in [6.45, 7) is 0. The zero-order valence-electron chi connectivity index (χ0n) is 19.1. The molecule has 10 heteroatoms. The molecule has 5 rings (SSSR count). The van der Waals surface area contributed by atoms with Gasteiger partial charge in [-0.2, -0.15) is 13.2 Å². The fourth-order valence-corrected chi connectivity index (χ4v) is 5.42. The zero-order valence-corrected chi connectivity index (χ0v) is 19.1. The van der Waals surface area contributed by atoms with Crippen LogP contribution < -0.4 is 9.47 Å². The van der Waals surface area contributed by atoms with Crippen LogP contribution in [0.25, 0.3) is 0 Å². The smallest absolute Gasteiger partial charge is 0.416 e. The largest absolute Gasteiger partial charge is 0.495 e. The molecule has 1 N–H and O–H groups in total. The number of methoxy groups -OCH3 is 2. The molecule has 2 bridgehead atoms. The average molecular weight is 499 g/mol. The van der Waals surface area contributed by atoms with Crippen LogP contribution in [0.5, 0.6) is 11.5 Å². The Balaban J connectivity index is 1.86. The monoisotopic (exact) mass is 499 g/mol. The second kappa shape index (κ2) is 8.06. The van der Waals surface area contributed by atoms with Crippen molar-refractivity contribution in [1.29, 1.82) is 0 Å². The molecule has 3 aromatic rings. The van der Waals surface area contributed by atoms with Gasteiger partial charge in [0.25, 0.3) is 0 Å². The summed E-state index contributed by atoms with van der Waals surface area (Å²) >= 11 is 0. The summed E-state index contributed by atoms with van der Waals surface area (Å²) in [6, 6.07) is 12.3. The first-order chi connectivity index (χ1) is 17.1. The molecule has 7 nitrogen and oxygen atoms in total. The number of pyridine rings is 1. The molecule has 36 heavy (non-hydrogen) atoms. The SMILES string of the molecule is COC(=O)[C@H]1[C@@H](c2ccccc2)[C@@]2(c3ccc(C(F)(F)F)cc3)Oc3cncc(OC)c3[C@@]1(O)C2=O. The van der Waals surface area contributed by atoms with Gasteiger partial charge in [-0.1, -0.05) is 42.5 Å². The molecule has 4 atom stereocenters. The van der Waals surface area contributed by atoms with Gasteiger partial charge in [-0.15, -0.1) is 0 Å². The van der Waals surface area contributed by atoms with Crippen LogP contribution in [0, 0.1) is 5.92 Å². The number of nitrogens with zero attached hydrogens (tertiary/aromatic N) is 1. The van der Waals surface area contributed by atoms with Gasteiger partial charge in [-0.05, 0) is 17.7 Å². The number of hydrogen-bond donors (Lipinski definition) is 1. The number of alkyl halides is 3. The van der Waals surface area contributed by atoms with Gasteiger partial charge in [0, 0.05) is 5.56 Å². The van der Waals surface area contributed by atoms with E-state index in [1.807, 2.05) is 0 Å². The van der Waals surface area contributed by atoms with E-state index in [4.69, 9.17) is 14.2 Å². The Labute approximate surface area is 203 Å². The van der Waals surface area contributed by atoms with E-state index in [0.717, 1.165) is 31.4 Å². The molecule has 1 saturated carbocycles. The summed E-state index contributed by atoms with van der Waals surface area (Å²) in [5, 5.41) is 12.1. The average Bonchev–Trinajstić information content (AvgIpc) is 3.00. The van der Waals surface area contributed by atoms with Gasteiger partial charge in [0.15, 0.2) is 5.60 Å². The summed E-state index contributed by atoms with van der Waals surface area (Å²) in [5.41, 5.74) is -5.10. The Morgan fingerprint density at radius 1 is 1.06 bits per heavy atom. The highest BCUT2D eigenvalue weighted by Gasteiger charge is 2.77. The summed E-state index contributed by atoms with van der Waals surface area (Å²) in [5.74, 6) is -4.54. The Hall–Kier alpha value is -3.92. The minimum atomic E-state index is -4.61. The lowest BCUT2D eigenvalue weighted by atomic mass is 9.75. The lowest BCUT2D eigenvalue weighted by molar-refractivity contribution is -0.162. The van der Waals surface area contributed by atoms with Gasteiger partial charge in [0.1, 0.15) is 17.4 Å². The maximum Gasteiger partial charge on any atom is 0.416 e. The quantitative estimate of drug-likeness (QED) is 0.547. The molecule has 0 unspecified atom stereocenters. The predicted molar refractivity (Wildman–Crippen MR) is 118 cm³/mol. The van der Waals surface area contributed by atoms with Crippen LogP contribution in [-0.2, 0) is 31.7 Å². The lowest BCUT2D eigenvalue weighted by Gasteiger charge is -2.39. The van der Waals surface area contributed by atoms with E-state index < -0.39 is 46.5 Å². The van der Waals surface area contributed by atoms with Crippen molar-refractivity contribution in [2.45, 2.75) is 23.3 Å². The number of carbonyl (C=O) groups is 2. The van der Waals surface area contributed by atoms with Crippen molar-refractivity contribution < 1.29 is 42.1 Å². The van der Waals surface area contributed by atoms with Gasteiger partial charge in [-0.3, -0.25) is 14.6 Å². The second-order valence-electron chi connectivity index (χ2n) is 8.61. The Bertz CT molecular complexity index is 1340. The van der Waals surface area contributed by atoms with Gasteiger partial charge in [0.2, 0.25) is 11.4 Å². The number of aliphatic hydroxyl groups is 1. The number of ketones is 1. The molecule has 0 radical (unpaired) electrons. The lowest BCUT2D eigenvalue weighted by Crippen LogP contribution is -2.51. The highest BCUT2D eigenvalue weighted by atomic mass is 19.4. The third-order valence-electron chi connectivity index (χ3n) is 6.91. The summed E-state index contributed by atoms with van der Waals surface area (Å²) in [7, 11) is 2.43. The van der Waals surface area contributed by atoms with Gasteiger partial charge in [0.05, 0.1) is 43.7 Å². The maximum atomic E-state index is 14.3. The van der Waals surface area contributed by atoms with E-state index in [9.17, 15) is 27.9 Å². The first kappa shape index (κ1) is 23.8. The number of hydrogen-bond acceptors (Lipinski definition) is 7. The van der Waals surface area contributed by atoms with Gasteiger partial charge in [-0.25, -0.2) is 0 Å². The maximum absolute atomic E-state index is 14.3. The highest BCUT2D eigenvalue weighted by Crippen LogP contribution is 2.65. The summed E-state index contributed by atoms with van der Waals surface area (Å²) in [4.78, 5) is 31.6. The zero-order chi connectivity index (χ0) is 25.9. The molecule has 186 valence electrons. The molecule has 1 aromatic heterocycles. The van der Waals surface area contributed by atoms with Crippen molar-refractivity contribution in [3.8, 4) is 11.5 Å². The first-order valence-electron chi connectivity index (χ1n) is 10.9. The predicted octanol–water partition coefficient (Wildman–Crippen LogP) is 3.74. The van der Waals surface area contributed by atoms with E-state index in [1.165, 1.54) is 19.5 Å². The van der Waals surface area contributed by atoms with Crippen molar-refractivity contribution in [3.05, 3.63) is 89.2 Å². The molecule has 2 aliphatic rings. The topological polar surface area (TPSA) is 95.0 Å². The van der Waals surface area contributed by atoms with E-state index in [2.05, 4.69) is 4.98 Å².